The van der Waals surface area contributed by atoms with Gasteiger partial charge in [-0.05, 0) is 77.3 Å². The molecule has 1 N–H and O–H groups in total. The fraction of sp³-hybridized carbons (Fsp3) is 0.894. The Balaban J connectivity index is 5.02. The standard InChI is InChI=1S/C47H88N2O10/c1-7-13-17-21-27-41(28-22-18-14-8-2)58-45(52)33-25-31-43(50)55-37-40(39-57-47(54)48-35-36-49(11-5)12-6)38-56-44(51)32-26-34-46(53)59-42(29-23-19-15-9-3)30-24-20-16-10-4/h40-42H,7-39H2,1-6H3,(H,48,54). The maximum absolute atomic E-state index is 12.7. The van der Waals surface area contributed by atoms with Crippen LogP contribution in [0.2, 0.25) is 0 Å². The van der Waals surface area contributed by atoms with E-state index in [0.717, 1.165) is 116 Å². The highest BCUT2D eigenvalue weighted by Gasteiger charge is 2.20. The molecule has 0 aliphatic rings. The van der Waals surface area contributed by atoms with Gasteiger partial charge in [0, 0.05) is 38.8 Å². The highest BCUT2D eigenvalue weighted by Crippen LogP contribution is 2.19. The number of nitrogens with one attached hydrogen (secondary N) is 1. The van der Waals surface area contributed by atoms with E-state index >= 15 is 0 Å². The molecule has 0 aromatic heterocycles. The molecule has 59 heavy (non-hydrogen) atoms. The fourth-order valence-corrected chi connectivity index (χ4v) is 6.77. The molecule has 0 spiro atoms. The minimum atomic E-state index is -0.611. The number of hydrogen-bond acceptors (Lipinski definition) is 11. The first-order valence-corrected chi connectivity index (χ1v) is 23.9. The third-order valence-electron chi connectivity index (χ3n) is 10.6. The van der Waals surface area contributed by atoms with Gasteiger partial charge in [-0.2, -0.15) is 0 Å². The predicted octanol–water partition coefficient (Wildman–Crippen LogP) is 10.8. The van der Waals surface area contributed by atoms with Crippen LogP contribution < -0.4 is 5.32 Å². The van der Waals surface area contributed by atoms with Crippen molar-refractivity contribution < 1.29 is 47.7 Å². The molecule has 12 heteroatoms. The topological polar surface area (TPSA) is 147 Å². The van der Waals surface area contributed by atoms with Crippen molar-refractivity contribution in [3.05, 3.63) is 0 Å². The molecule has 0 saturated carbocycles. The van der Waals surface area contributed by atoms with E-state index in [-0.39, 0.29) is 69.7 Å². The number of alkyl carbamates (subject to hydrolysis) is 1. The van der Waals surface area contributed by atoms with Gasteiger partial charge in [-0.25, -0.2) is 4.79 Å². The lowest BCUT2D eigenvalue weighted by Gasteiger charge is -2.19. The molecular weight excluding hydrogens is 753 g/mol. The van der Waals surface area contributed by atoms with Gasteiger partial charge in [0.2, 0.25) is 0 Å². The van der Waals surface area contributed by atoms with Crippen molar-refractivity contribution in [1.29, 1.82) is 0 Å². The second-order valence-corrected chi connectivity index (χ2v) is 16.1. The maximum Gasteiger partial charge on any atom is 0.407 e. The molecule has 346 valence electrons. The van der Waals surface area contributed by atoms with Crippen LogP contribution in [0.15, 0.2) is 0 Å². The number of likely N-dealkylation sites (N-methyl/N-ethyl adjacent to an activating group) is 1. The summed E-state index contributed by atoms with van der Waals surface area (Å²) in [6, 6.07) is 0. The molecule has 0 bridgehead atoms. The van der Waals surface area contributed by atoms with E-state index in [1.165, 1.54) is 25.7 Å². The summed E-state index contributed by atoms with van der Waals surface area (Å²) in [6.45, 7) is 15.2. The number of carbonyl (C=O) groups is 5. The lowest BCUT2D eigenvalue weighted by molar-refractivity contribution is -0.151. The van der Waals surface area contributed by atoms with Crippen molar-refractivity contribution >= 4 is 30.0 Å². The molecule has 12 nitrogen and oxygen atoms in total. The van der Waals surface area contributed by atoms with Crippen LogP contribution >= 0.6 is 0 Å². The van der Waals surface area contributed by atoms with E-state index in [1.54, 1.807) is 0 Å². The lowest BCUT2D eigenvalue weighted by Crippen LogP contribution is -2.36. The first kappa shape index (κ1) is 56.1. The largest absolute Gasteiger partial charge is 0.465 e. The van der Waals surface area contributed by atoms with Gasteiger partial charge in [-0.15, -0.1) is 0 Å². The van der Waals surface area contributed by atoms with Gasteiger partial charge in [0.1, 0.15) is 32.0 Å². The van der Waals surface area contributed by atoms with Crippen molar-refractivity contribution in [1.82, 2.24) is 10.2 Å². The zero-order valence-corrected chi connectivity index (χ0v) is 38.6. The number of nitrogens with zero attached hydrogens (tertiary/aromatic N) is 1. The molecule has 0 saturated heterocycles. The van der Waals surface area contributed by atoms with Gasteiger partial charge < -0.3 is 33.9 Å². The van der Waals surface area contributed by atoms with E-state index in [1.807, 2.05) is 0 Å². The SMILES string of the molecule is CCCCCCC(CCCCCC)OC(=O)CCCC(=O)OCC(COC(=O)CCCC(=O)OC(CCCCCC)CCCCCC)COC(=O)NCCN(CC)CC. The predicted molar refractivity (Wildman–Crippen MR) is 235 cm³/mol. The third kappa shape index (κ3) is 35.6. The molecule has 0 fully saturated rings. The average molecular weight is 841 g/mol. The number of ether oxygens (including phenoxy) is 5. The summed E-state index contributed by atoms with van der Waals surface area (Å²) in [4.78, 5) is 65.4. The first-order valence-electron chi connectivity index (χ1n) is 23.9. The van der Waals surface area contributed by atoms with Gasteiger partial charge in [0.25, 0.3) is 0 Å². The number of unbranched alkanes of at least 4 members (excludes halogenated alkanes) is 12. The monoisotopic (exact) mass is 841 g/mol. The van der Waals surface area contributed by atoms with Crippen molar-refractivity contribution in [3.8, 4) is 0 Å². The van der Waals surface area contributed by atoms with Crippen LogP contribution in [0.5, 0.6) is 0 Å². The van der Waals surface area contributed by atoms with Gasteiger partial charge in [0.15, 0.2) is 0 Å². The molecule has 0 aliphatic carbocycles. The molecule has 0 aromatic carbocycles. The molecule has 0 aliphatic heterocycles. The van der Waals surface area contributed by atoms with E-state index < -0.39 is 23.9 Å². The number of rotatable bonds is 41. The number of carbonyl (C=O) groups excluding carboxylic acids is 5. The second-order valence-electron chi connectivity index (χ2n) is 16.1. The van der Waals surface area contributed by atoms with Crippen LogP contribution in [-0.4, -0.2) is 93.1 Å². The average Bonchev–Trinajstić information content (AvgIpc) is 3.22. The highest BCUT2D eigenvalue weighted by molar-refractivity contribution is 5.73. The Morgan fingerprint density at radius 3 is 1.15 bits per heavy atom. The van der Waals surface area contributed by atoms with Crippen LogP contribution in [0, 0.1) is 5.92 Å². The molecule has 0 aromatic rings. The van der Waals surface area contributed by atoms with Crippen molar-refractivity contribution in [2.75, 3.05) is 46.0 Å². The summed E-state index contributed by atoms with van der Waals surface area (Å²) >= 11 is 0. The van der Waals surface area contributed by atoms with Crippen LogP contribution in [0.1, 0.15) is 208 Å². The van der Waals surface area contributed by atoms with Gasteiger partial charge >= 0.3 is 30.0 Å². The summed E-state index contributed by atoms with van der Waals surface area (Å²) in [7, 11) is 0. The first-order chi connectivity index (χ1) is 28.6. The Kier molecular flexibility index (Phi) is 38.5. The second kappa shape index (κ2) is 40.5. The smallest absolute Gasteiger partial charge is 0.407 e. The van der Waals surface area contributed by atoms with Gasteiger partial charge in [-0.3, -0.25) is 19.2 Å². The quantitative estimate of drug-likeness (QED) is 0.0356. The van der Waals surface area contributed by atoms with E-state index in [4.69, 9.17) is 23.7 Å². The molecule has 0 unspecified atom stereocenters. The Morgan fingerprint density at radius 2 is 0.797 bits per heavy atom. The molecule has 0 rings (SSSR count). The van der Waals surface area contributed by atoms with E-state index in [0.29, 0.717) is 25.9 Å². The van der Waals surface area contributed by atoms with Crippen LogP contribution in [0.3, 0.4) is 0 Å². The fourth-order valence-electron chi connectivity index (χ4n) is 6.77. The van der Waals surface area contributed by atoms with E-state index in [9.17, 15) is 24.0 Å². The Bertz CT molecular complexity index is 966. The molecule has 0 heterocycles. The van der Waals surface area contributed by atoms with Crippen LogP contribution in [-0.2, 0) is 42.9 Å². The summed E-state index contributed by atoms with van der Waals surface area (Å²) in [5.41, 5.74) is 0. The summed E-state index contributed by atoms with van der Waals surface area (Å²) < 4.78 is 28.1. The Hall–Kier alpha value is -2.89. The number of esters is 4. The maximum atomic E-state index is 12.7. The highest BCUT2D eigenvalue weighted by atomic mass is 16.6. The minimum Gasteiger partial charge on any atom is -0.465 e. The summed E-state index contributed by atoms with van der Waals surface area (Å²) in [6.07, 6.45) is 21.6. The Morgan fingerprint density at radius 1 is 0.441 bits per heavy atom. The summed E-state index contributed by atoms with van der Waals surface area (Å²) in [5, 5.41) is 2.73. The molecular formula is C47H88N2O10. The lowest BCUT2D eigenvalue weighted by atomic mass is 10.0. The molecule has 0 atom stereocenters. The minimum absolute atomic E-state index is 0.0282. The van der Waals surface area contributed by atoms with Crippen LogP contribution in [0.4, 0.5) is 4.79 Å². The zero-order valence-electron chi connectivity index (χ0n) is 38.6. The Labute approximate surface area is 359 Å². The summed E-state index contributed by atoms with van der Waals surface area (Å²) in [5.74, 6) is -2.19. The zero-order chi connectivity index (χ0) is 43.8. The number of hydrogen-bond donors (Lipinski definition) is 1. The van der Waals surface area contributed by atoms with Crippen molar-refractivity contribution in [3.63, 3.8) is 0 Å². The molecule has 0 radical (unpaired) electrons. The third-order valence-corrected chi connectivity index (χ3v) is 10.6. The van der Waals surface area contributed by atoms with Crippen molar-refractivity contribution in [2.24, 2.45) is 5.92 Å². The molecule has 1 amide bonds. The van der Waals surface area contributed by atoms with Gasteiger partial charge in [-0.1, -0.05) is 119 Å². The van der Waals surface area contributed by atoms with Crippen molar-refractivity contribution in [2.45, 2.75) is 221 Å². The number of amides is 1. The van der Waals surface area contributed by atoms with Crippen LogP contribution in [0.25, 0.3) is 0 Å². The normalized spacial score (nSPS) is 11.4. The van der Waals surface area contributed by atoms with E-state index in [2.05, 4.69) is 51.8 Å². The van der Waals surface area contributed by atoms with Gasteiger partial charge in [0.05, 0.1) is 5.92 Å².